The lowest BCUT2D eigenvalue weighted by Crippen LogP contribution is -2.02. The summed E-state index contributed by atoms with van der Waals surface area (Å²) in [7, 11) is -3.41. The Bertz CT molecular complexity index is 628. The Morgan fingerprint density at radius 1 is 0.944 bits per heavy atom. The molecule has 0 aliphatic heterocycles. The summed E-state index contributed by atoms with van der Waals surface area (Å²) in [6.07, 6.45) is 0. The van der Waals surface area contributed by atoms with Gasteiger partial charge in [0.1, 0.15) is 5.75 Å². The Balaban J connectivity index is 2.27. The lowest BCUT2D eigenvalue weighted by molar-refractivity contribution is 0.602. The van der Waals surface area contributed by atoms with Crippen molar-refractivity contribution in [3.63, 3.8) is 0 Å². The highest BCUT2D eigenvalue weighted by molar-refractivity contribution is 7.93. The fourth-order valence-corrected chi connectivity index (χ4v) is 2.81. The fraction of sp³-hybridized carbons (Fsp3) is 0.0714. The molecule has 0 unspecified atom stereocenters. The maximum atomic E-state index is 12.1. The molecule has 93 valence electrons. The van der Waals surface area contributed by atoms with E-state index < -0.39 is 9.84 Å². The van der Waals surface area contributed by atoms with Gasteiger partial charge in [0.15, 0.2) is 9.84 Å². The topological polar surface area (TPSA) is 34.1 Å². The molecule has 4 heteroatoms. The molecule has 0 saturated carbocycles. The highest BCUT2D eigenvalue weighted by Crippen LogP contribution is 2.20. The van der Waals surface area contributed by atoms with Gasteiger partial charge in [-0.15, -0.1) is 0 Å². The van der Waals surface area contributed by atoms with Crippen LogP contribution in [0.25, 0.3) is 0 Å². The van der Waals surface area contributed by atoms with Gasteiger partial charge < -0.3 is 0 Å². The molecule has 2 aromatic rings. The number of halogens is 1. The van der Waals surface area contributed by atoms with Crippen LogP contribution in [0.3, 0.4) is 0 Å². The summed E-state index contributed by atoms with van der Waals surface area (Å²) in [5.41, 5.74) is 1.64. The molecule has 0 aliphatic rings. The fourth-order valence-electron chi connectivity index (χ4n) is 1.52. The van der Waals surface area contributed by atoms with Crippen molar-refractivity contribution >= 4 is 21.4 Å². The normalized spacial score (nSPS) is 11.4. The van der Waals surface area contributed by atoms with Crippen molar-refractivity contribution in [1.82, 2.24) is 0 Å². The number of aryl methyl sites for hydroxylation is 1. The Kier molecular flexibility index (Phi) is 3.73. The third kappa shape index (κ3) is 3.12. The third-order valence-electron chi connectivity index (χ3n) is 2.51. The van der Waals surface area contributed by atoms with Crippen molar-refractivity contribution in [2.45, 2.75) is 11.8 Å². The van der Waals surface area contributed by atoms with Crippen LogP contribution >= 0.6 is 11.6 Å². The minimum Gasteiger partial charge on any atom is -0.223 e. The van der Waals surface area contributed by atoms with E-state index in [-0.39, 0.29) is 0 Å². The van der Waals surface area contributed by atoms with Gasteiger partial charge in [0.2, 0.25) is 0 Å². The molecule has 0 heterocycles. The largest absolute Gasteiger partial charge is 0.223 e. The van der Waals surface area contributed by atoms with E-state index in [1.165, 1.54) is 5.75 Å². The van der Waals surface area contributed by atoms with Crippen LogP contribution < -0.4 is 0 Å². The van der Waals surface area contributed by atoms with Crippen LogP contribution in [0.5, 0.6) is 0 Å². The van der Waals surface area contributed by atoms with Crippen molar-refractivity contribution in [3.05, 3.63) is 70.4 Å². The second-order valence-corrected chi connectivity index (χ2v) is 6.26. The first-order valence-electron chi connectivity index (χ1n) is 5.39. The number of hydrogen-bond donors (Lipinski definition) is 0. The van der Waals surface area contributed by atoms with Gasteiger partial charge in [-0.2, -0.15) is 0 Å². The molecule has 1 radical (unpaired) electrons. The van der Waals surface area contributed by atoms with E-state index in [2.05, 4.69) is 0 Å². The van der Waals surface area contributed by atoms with Crippen LogP contribution in [0.15, 0.2) is 53.4 Å². The maximum Gasteiger partial charge on any atom is 0.187 e. The molecule has 2 rings (SSSR count). The smallest absolute Gasteiger partial charge is 0.187 e. The van der Waals surface area contributed by atoms with E-state index in [0.717, 1.165) is 5.56 Å². The first-order valence-corrected chi connectivity index (χ1v) is 7.32. The molecule has 2 nitrogen and oxygen atoms in total. The number of rotatable bonds is 3. The van der Waals surface area contributed by atoms with E-state index in [9.17, 15) is 8.42 Å². The number of benzene rings is 2. The van der Waals surface area contributed by atoms with Crippen molar-refractivity contribution in [1.29, 1.82) is 0 Å². The van der Waals surface area contributed by atoms with Gasteiger partial charge in [0.05, 0.1) is 4.90 Å². The predicted octanol–water partition coefficient (Wildman–Crippen LogP) is 3.63. The van der Waals surface area contributed by atoms with Crippen LogP contribution in [-0.2, 0) is 9.84 Å². The van der Waals surface area contributed by atoms with Crippen molar-refractivity contribution in [3.8, 4) is 0 Å². The second-order valence-electron chi connectivity index (χ2n) is 4.03. The molecule has 0 aromatic heterocycles. The zero-order valence-corrected chi connectivity index (χ0v) is 11.4. The van der Waals surface area contributed by atoms with E-state index in [4.69, 9.17) is 11.6 Å². The monoisotopic (exact) mass is 279 g/mol. The summed E-state index contributed by atoms with van der Waals surface area (Å²) in [5.74, 6) is 1.24. The SMILES string of the molecule is Cc1ccc(S(=O)(=O)[CH]c2ccc(Cl)cc2)cc1. The predicted molar refractivity (Wildman–Crippen MR) is 73.2 cm³/mol. The van der Waals surface area contributed by atoms with Gasteiger partial charge in [-0.3, -0.25) is 0 Å². The average molecular weight is 280 g/mol. The summed E-state index contributed by atoms with van der Waals surface area (Å²) in [5, 5.41) is 0.583. The average Bonchev–Trinajstić information content (AvgIpc) is 2.32. The van der Waals surface area contributed by atoms with Crippen LogP contribution in [0.4, 0.5) is 0 Å². The van der Waals surface area contributed by atoms with Gasteiger partial charge in [-0.25, -0.2) is 8.42 Å². The Morgan fingerprint density at radius 2 is 1.50 bits per heavy atom. The van der Waals surface area contributed by atoms with E-state index >= 15 is 0 Å². The van der Waals surface area contributed by atoms with Crippen molar-refractivity contribution < 1.29 is 8.42 Å². The first-order chi connectivity index (χ1) is 8.47. The molecule has 18 heavy (non-hydrogen) atoms. The molecule has 0 atom stereocenters. The molecular weight excluding hydrogens is 268 g/mol. The van der Waals surface area contributed by atoms with Gasteiger partial charge >= 0.3 is 0 Å². The molecule has 0 fully saturated rings. The van der Waals surface area contributed by atoms with Crippen molar-refractivity contribution in [2.75, 3.05) is 0 Å². The Labute approximate surface area is 112 Å². The Morgan fingerprint density at radius 3 is 2.06 bits per heavy atom. The molecule has 0 bridgehead atoms. The summed E-state index contributed by atoms with van der Waals surface area (Å²) >= 11 is 5.75. The zero-order valence-electron chi connectivity index (χ0n) is 9.80. The van der Waals surface area contributed by atoms with Crippen LogP contribution in [-0.4, -0.2) is 8.42 Å². The van der Waals surface area contributed by atoms with E-state index in [1.807, 2.05) is 6.92 Å². The minimum atomic E-state index is -3.41. The van der Waals surface area contributed by atoms with Gasteiger partial charge in [-0.1, -0.05) is 41.4 Å². The van der Waals surface area contributed by atoms with Gasteiger partial charge in [0.25, 0.3) is 0 Å². The molecular formula is C14H12ClO2S. The van der Waals surface area contributed by atoms with Crippen LogP contribution in [0, 0.1) is 12.7 Å². The van der Waals surface area contributed by atoms with E-state index in [0.29, 0.717) is 15.5 Å². The molecule has 0 aliphatic carbocycles. The lowest BCUT2D eigenvalue weighted by atomic mass is 10.2. The lowest BCUT2D eigenvalue weighted by Gasteiger charge is -2.04. The highest BCUT2D eigenvalue weighted by Gasteiger charge is 2.15. The summed E-state index contributed by atoms with van der Waals surface area (Å²) in [6, 6.07) is 13.5. The van der Waals surface area contributed by atoms with Crippen LogP contribution in [0.1, 0.15) is 11.1 Å². The summed E-state index contributed by atoms with van der Waals surface area (Å²) in [6.45, 7) is 1.92. The maximum absolute atomic E-state index is 12.1. The first kappa shape index (κ1) is 13.1. The minimum absolute atomic E-state index is 0.294. The zero-order chi connectivity index (χ0) is 13.2. The molecule has 0 spiro atoms. The number of sulfone groups is 1. The molecule has 0 saturated heterocycles. The van der Waals surface area contributed by atoms with Crippen molar-refractivity contribution in [2.24, 2.45) is 0 Å². The molecule has 0 amide bonds. The quantitative estimate of drug-likeness (QED) is 0.860. The van der Waals surface area contributed by atoms with Gasteiger partial charge in [0, 0.05) is 5.02 Å². The molecule has 0 N–H and O–H groups in total. The Hall–Kier alpha value is -1.32. The van der Waals surface area contributed by atoms with Crippen LogP contribution in [0.2, 0.25) is 5.02 Å². The standard InChI is InChI=1S/C14H12ClO2S/c1-11-2-8-14(9-3-11)18(16,17)10-12-4-6-13(15)7-5-12/h2-10H,1H3. The number of hydrogen-bond acceptors (Lipinski definition) is 2. The summed E-state index contributed by atoms with van der Waals surface area (Å²) < 4.78 is 24.2. The second kappa shape index (κ2) is 5.12. The molecule has 2 aromatic carbocycles. The third-order valence-corrected chi connectivity index (χ3v) is 4.27. The highest BCUT2D eigenvalue weighted by atomic mass is 35.5. The summed E-state index contributed by atoms with van der Waals surface area (Å²) in [4.78, 5) is 0.294. The van der Waals surface area contributed by atoms with Gasteiger partial charge in [-0.05, 0) is 36.8 Å². The van der Waals surface area contributed by atoms with E-state index in [1.54, 1.807) is 48.5 Å².